The Labute approximate surface area is 535 Å². The number of hydrogen-bond acceptors (Lipinski definition) is 8. The first-order valence-electron chi connectivity index (χ1n) is 26.8. The van der Waals surface area contributed by atoms with Crippen LogP contribution in [0.4, 0.5) is 0 Å². The van der Waals surface area contributed by atoms with E-state index in [0.29, 0.717) is 51.9 Å². The molecule has 0 bridgehead atoms. The average molecular weight is 1310 g/mol. The van der Waals surface area contributed by atoms with Gasteiger partial charge in [0.25, 0.3) is 0 Å². The molecule has 4 aliphatic carbocycles. The molecule has 0 heterocycles. The quantitative estimate of drug-likeness (QED) is 0.101. The number of benzene rings is 4. The van der Waals surface area contributed by atoms with Gasteiger partial charge < -0.3 is 51.9 Å². The van der Waals surface area contributed by atoms with Gasteiger partial charge in [-0.05, 0) is 161 Å². The van der Waals surface area contributed by atoms with E-state index in [9.17, 15) is 20.1 Å². The van der Waals surface area contributed by atoms with Gasteiger partial charge in [-0.1, -0.05) is 143 Å². The van der Waals surface area contributed by atoms with Gasteiger partial charge >= 0.3 is 23.1 Å². The number of ketones is 1. The number of carbonyl (C=O) groups is 1. The zero-order valence-corrected chi connectivity index (χ0v) is 56.1. The normalized spacial score (nSPS) is 24.9. The van der Waals surface area contributed by atoms with Crippen LogP contribution in [0.1, 0.15) is 119 Å². The Morgan fingerprint density at radius 1 is 0.449 bits per heavy atom. The number of halogens is 9. The van der Waals surface area contributed by atoms with Crippen molar-refractivity contribution in [2.45, 2.75) is 120 Å². The van der Waals surface area contributed by atoms with Crippen molar-refractivity contribution < 1.29 is 37.1 Å². The van der Waals surface area contributed by atoms with Gasteiger partial charge in [0.2, 0.25) is 0 Å². The molecule has 7 atom stereocenters. The third kappa shape index (κ3) is 22.7. The zero-order chi connectivity index (χ0) is 56.4. The van der Waals surface area contributed by atoms with E-state index in [4.69, 9.17) is 92.8 Å². The first kappa shape index (κ1) is 73.9. The Hall–Kier alpha value is -0.164. The smallest absolute Gasteiger partial charge is 1.00 e. The van der Waals surface area contributed by atoms with Crippen LogP contribution in [0.15, 0.2) is 72.8 Å². The summed E-state index contributed by atoms with van der Waals surface area (Å²) in [6, 6.07) is 24.3. The molecule has 78 heavy (non-hydrogen) atoms. The molecule has 0 aromatic heterocycles. The second kappa shape index (κ2) is 36.0. The van der Waals surface area contributed by atoms with Crippen molar-refractivity contribution in [2.24, 2.45) is 23.7 Å². The summed E-state index contributed by atoms with van der Waals surface area (Å²) in [5.41, 5.74) is 0.347. The molecule has 4 saturated carbocycles. The zero-order valence-electron chi connectivity index (χ0n) is 47.0. The molecule has 0 spiro atoms. The van der Waals surface area contributed by atoms with Crippen molar-refractivity contribution in [3.05, 3.63) is 136 Å². The topological polar surface area (TPSA) is 90.7 Å². The minimum atomic E-state index is -0.781. The summed E-state index contributed by atoms with van der Waals surface area (Å²) in [7, 11) is 16.3. The van der Waals surface area contributed by atoms with Gasteiger partial charge in [0, 0.05) is 56.3 Å². The third-order valence-electron chi connectivity index (χ3n) is 15.2. The average Bonchev–Trinajstić information content (AvgIpc) is 3.38. The van der Waals surface area contributed by atoms with E-state index in [1.54, 1.807) is 36.4 Å². The van der Waals surface area contributed by atoms with E-state index >= 15 is 0 Å². The molecular formula is C60H83BrCl8MgN4O4. The number of nitrogens with zero attached hydrogens (tertiary/aromatic N) is 4. The van der Waals surface area contributed by atoms with E-state index in [1.807, 2.05) is 92.8 Å². The van der Waals surface area contributed by atoms with Crippen molar-refractivity contribution in [1.29, 1.82) is 0 Å². The molecule has 4 fully saturated rings. The van der Waals surface area contributed by atoms with Crippen LogP contribution in [0.3, 0.4) is 0 Å². The van der Waals surface area contributed by atoms with Gasteiger partial charge in [0.15, 0.2) is 0 Å². The second-order valence-electron chi connectivity index (χ2n) is 22.3. The molecule has 4 aromatic rings. The number of hydrogen-bond donors (Lipinski definition) is 3. The van der Waals surface area contributed by atoms with Crippen molar-refractivity contribution in [3.8, 4) is 0 Å². The van der Waals surface area contributed by atoms with Crippen molar-refractivity contribution in [3.63, 3.8) is 0 Å². The summed E-state index contributed by atoms with van der Waals surface area (Å²) in [6.07, 6.45) is 16.5. The summed E-state index contributed by atoms with van der Waals surface area (Å²) >= 11 is 47.3. The Balaban J connectivity index is 0.000000341. The number of carbonyl (C=O) groups excluding carboxylic acids is 1. The molecule has 8 nitrogen and oxygen atoms in total. The minimum Gasteiger partial charge on any atom is -1.00 e. The molecule has 18 heteroatoms. The Morgan fingerprint density at radius 3 is 1.04 bits per heavy atom. The first-order chi connectivity index (χ1) is 35.8. The van der Waals surface area contributed by atoms with Gasteiger partial charge in [0.1, 0.15) is 5.78 Å². The monoisotopic (exact) mass is 1310 g/mol. The van der Waals surface area contributed by atoms with Crippen LogP contribution in [0.2, 0.25) is 40.2 Å². The summed E-state index contributed by atoms with van der Waals surface area (Å²) in [5, 5.41) is 37.7. The maximum Gasteiger partial charge on any atom is 2.00 e. The molecule has 8 rings (SSSR count). The van der Waals surface area contributed by atoms with E-state index < -0.39 is 16.8 Å². The molecule has 0 radical (unpaired) electrons. The first-order valence-corrected chi connectivity index (χ1v) is 29.8. The predicted molar refractivity (Wildman–Crippen MR) is 329 cm³/mol. The maximum absolute atomic E-state index is 11.3. The molecule has 4 aromatic carbocycles. The summed E-state index contributed by atoms with van der Waals surface area (Å²) in [5.74, 6) is 1.54. The van der Waals surface area contributed by atoms with Crippen molar-refractivity contribution in [2.75, 3.05) is 82.6 Å². The minimum absolute atomic E-state index is 0. The van der Waals surface area contributed by atoms with Crippen LogP contribution < -0.4 is 17.0 Å². The summed E-state index contributed by atoms with van der Waals surface area (Å²) in [4.78, 5) is 19.8. The largest absolute Gasteiger partial charge is 2.00 e. The molecule has 0 aliphatic heterocycles. The van der Waals surface area contributed by atoms with E-state index in [1.165, 1.54) is 25.7 Å². The predicted octanol–water partition coefficient (Wildman–Crippen LogP) is 12.5. The van der Waals surface area contributed by atoms with E-state index in [2.05, 4.69) is 25.7 Å². The van der Waals surface area contributed by atoms with Crippen LogP contribution in [-0.2, 0) is 21.6 Å². The summed E-state index contributed by atoms with van der Waals surface area (Å²) < 4.78 is 0. The van der Waals surface area contributed by atoms with Crippen LogP contribution >= 0.6 is 92.8 Å². The van der Waals surface area contributed by atoms with E-state index in [0.717, 1.165) is 120 Å². The van der Waals surface area contributed by atoms with Crippen molar-refractivity contribution >= 4 is 122 Å². The van der Waals surface area contributed by atoms with Gasteiger partial charge in [0.05, 0.1) is 46.9 Å². The Bertz CT molecular complexity index is 2210. The molecular weight excluding hydrogens is 1230 g/mol. The van der Waals surface area contributed by atoms with Gasteiger partial charge in [-0.25, -0.2) is 0 Å². The van der Waals surface area contributed by atoms with Gasteiger partial charge in [-0.2, -0.15) is 35.9 Å². The molecule has 3 N–H and O–H groups in total. The van der Waals surface area contributed by atoms with Crippen molar-refractivity contribution in [1.82, 2.24) is 19.6 Å². The molecule has 0 saturated heterocycles. The molecule has 4 aliphatic rings. The summed E-state index contributed by atoms with van der Waals surface area (Å²) in [6.45, 7) is 3.60. The van der Waals surface area contributed by atoms with Crippen LogP contribution in [0.25, 0.3) is 0 Å². The third-order valence-corrected chi connectivity index (χ3v) is 18.1. The van der Waals surface area contributed by atoms with Gasteiger partial charge in [-0.3, -0.25) is 4.79 Å². The van der Waals surface area contributed by atoms with Crippen LogP contribution in [0.5, 0.6) is 0 Å². The fraction of sp³-hybridized carbons (Fsp3) is 0.583. The SMILES string of the molecule is CN(C)CC1CCCCC1(O)c1ccc(Cl)c(Cl)c1.CN(C)CC1CCCCC1=O.CN(C)C[C@@H]1CCCC[C@@]1(O)c1ccc(Cl)c(Cl)c1.CN(C)C[C@H]1CCCC[C@]1(O)c1ccc(Cl)c(Cl)c1.Clc1c[c-]ccc1Cl.[Br-].[Mg+2]. The van der Waals surface area contributed by atoms with Gasteiger partial charge in [-0.15, -0.1) is 11.6 Å². The number of rotatable bonds is 11. The Kier molecular flexibility index (Phi) is 34.1. The molecule has 3 unspecified atom stereocenters. The van der Waals surface area contributed by atoms with E-state index in [-0.39, 0.29) is 57.8 Å². The molecule has 0 amide bonds. The second-order valence-corrected chi connectivity index (χ2v) is 25.5. The van der Waals surface area contributed by atoms with Crippen LogP contribution in [-0.4, -0.2) is 146 Å². The van der Waals surface area contributed by atoms with Crippen LogP contribution in [0, 0.1) is 29.7 Å². The number of Topliss-reactive ketones (excluding diaryl/α,β-unsaturated/α-hetero) is 1. The standard InChI is InChI=1S/3C15H21Cl2NO.C9H17NO.C6H3Cl2.BrH.Mg/c3*1-18(2)10-12-5-3-4-8-15(12,19)11-6-7-13(16)14(17)9-11;1-10(2)7-8-5-3-4-6-9(8)11;7-5-3-1-2-4-6(5)8;;/h3*6-7,9,12,19H,3-5,8,10H2,1-2H3;8H,3-7H2,1-2H3;1,3-4H;1H;/q;;;;-1;;+2/p-1/t2*12-,15+;;;;;/m10...../s1. The maximum atomic E-state index is 11.3. The number of aliphatic hydroxyl groups is 3. The Morgan fingerprint density at radius 2 is 0.769 bits per heavy atom. The fourth-order valence-corrected chi connectivity index (χ4v) is 12.4. The molecule has 432 valence electrons. The fourth-order valence-electron chi connectivity index (χ4n) is 11.3.